The van der Waals surface area contributed by atoms with E-state index in [-0.39, 0.29) is 0 Å². The lowest BCUT2D eigenvalue weighted by Crippen LogP contribution is -2.33. The van der Waals surface area contributed by atoms with Crippen LogP contribution in [0.3, 0.4) is 0 Å². The maximum atomic E-state index is 2.92. The van der Waals surface area contributed by atoms with Crippen molar-refractivity contribution in [3.8, 4) is 0 Å². The summed E-state index contributed by atoms with van der Waals surface area (Å²) < 4.78 is 0. The van der Waals surface area contributed by atoms with Gasteiger partial charge in [-0.05, 0) is 47.8 Å². The summed E-state index contributed by atoms with van der Waals surface area (Å²) in [6.07, 6.45) is 19.7. The number of thioether (sulfide) groups is 1. The molecule has 0 aromatic rings. The molecule has 7 rings (SSSR count). The van der Waals surface area contributed by atoms with E-state index < -0.39 is 0 Å². The predicted molar refractivity (Wildman–Crippen MR) is 95.1 cm³/mol. The molecule has 7 aliphatic rings. The number of likely N-dealkylation sites (tertiary alicyclic amines) is 1. The van der Waals surface area contributed by atoms with Crippen LogP contribution < -0.4 is 0 Å². The second-order valence-electron chi connectivity index (χ2n) is 9.31. The van der Waals surface area contributed by atoms with Gasteiger partial charge in [0.2, 0.25) is 0 Å². The maximum absolute atomic E-state index is 2.92. The Morgan fingerprint density at radius 1 is 1.26 bits per heavy atom. The van der Waals surface area contributed by atoms with Gasteiger partial charge in [-0.3, -0.25) is 4.90 Å². The van der Waals surface area contributed by atoms with Crippen LogP contribution in [0.5, 0.6) is 0 Å². The van der Waals surface area contributed by atoms with E-state index >= 15 is 0 Å². The molecule has 2 heteroatoms. The third-order valence-corrected chi connectivity index (χ3v) is 10.6. The van der Waals surface area contributed by atoms with Gasteiger partial charge in [0.15, 0.2) is 0 Å². The van der Waals surface area contributed by atoms with Gasteiger partial charge in [-0.1, -0.05) is 43.7 Å². The molecule has 0 N–H and O–H groups in total. The van der Waals surface area contributed by atoms with Gasteiger partial charge in [0.1, 0.15) is 0 Å². The van der Waals surface area contributed by atoms with Crippen molar-refractivity contribution in [2.24, 2.45) is 28.6 Å². The zero-order valence-corrected chi connectivity index (χ0v) is 14.7. The number of fused-ring (bicyclic) bond motifs is 1. The Bertz CT molecular complexity index is 721. The first kappa shape index (κ1) is 12.8. The topological polar surface area (TPSA) is 3.01 Å². The van der Waals surface area contributed by atoms with Crippen molar-refractivity contribution in [2.45, 2.75) is 55.9 Å². The van der Waals surface area contributed by atoms with Crippen LogP contribution in [0.1, 0.15) is 39.0 Å². The minimum absolute atomic E-state index is 0.555. The molecule has 0 amide bonds. The van der Waals surface area contributed by atoms with Gasteiger partial charge < -0.3 is 0 Å². The lowest BCUT2D eigenvalue weighted by atomic mass is 9.78. The monoisotopic (exact) mass is 323 g/mol. The number of piperidine rings is 1. The molecular formula is C21H25NS. The Kier molecular flexibility index (Phi) is 1.98. The highest BCUT2D eigenvalue weighted by Crippen LogP contribution is 2.88. The summed E-state index contributed by atoms with van der Waals surface area (Å²) in [6, 6.07) is 0.916. The van der Waals surface area contributed by atoms with Gasteiger partial charge in [0.25, 0.3) is 0 Å². The molecule has 9 unspecified atom stereocenters. The van der Waals surface area contributed by atoms with Gasteiger partial charge in [-0.2, -0.15) is 0 Å². The Balaban J connectivity index is 1.14. The molecule has 2 heterocycles. The van der Waals surface area contributed by atoms with E-state index in [1.54, 1.807) is 4.91 Å². The summed E-state index contributed by atoms with van der Waals surface area (Å²) in [5.74, 6) is 2.78. The van der Waals surface area contributed by atoms with Crippen molar-refractivity contribution >= 4 is 11.8 Å². The van der Waals surface area contributed by atoms with E-state index in [1.165, 1.54) is 38.6 Å². The summed E-state index contributed by atoms with van der Waals surface area (Å²) in [5.41, 5.74) is 1.87. The van der Waals surface area contributed by atoms with Gasteiger partial charge in [-0.15, -0.1) is 11.8 Å². The average molecular weight is 324 g/mol. The molecule has 0 aromatic carbocycles. The minimum atomic E-state index is 0.555. The van der Waals surface area contributed by atoms with E-state index in [9.17, 15) is 0 Å². The van der Waals surface area contributed by atoms with Crippen LogP contribution in [0.25, 0.3) is 0 Å². The van der Waals surface area contributed by atoms with Crippen LogP contribution in [0.15, 0.2) is 35.3 Å². The molecule has 2 saturated heterocycles. The van der Waals surface area contributed by atoms with Gasteiger partial charge in [-0.25, -0.2) is 0 Å². The third kappa shape index (κ3) is 1.15. The Morgan fingerprint density at radius 2 is 2.22 bits per heavy atom. The Morgan fingerprint density at radius 3 is 3.04 bits per heavy atom. The molecule has 5 fully saturated rings. The quantitative estimate of drug-likeness (QED) is 0.558. The average Bonchev–Trinajstić information content (AvgIpc) is 3.43. The molecule has 1 nitrogen and oxygen atoms in total. The normalized spacial score (nSPS) is 64.1. The molecule has 120 valence electrons. The first-order chi connectivity index (χ1) is 11.3. The van der Waals surface area contributed by atoms with E-state index in [4.69, 9.17) is 0 Å². The summed E-state index contributed by atoms with van der Waals surface area (Å²) >= 11 is 2.25. The van der Waals surface area contributed by atoms with Crippen molar-refractivity contribution in [1.82, 2.24) is 4.90 Å². The third-order valence-electron chi connectivity index (χ3n) is 8.96. The fourth-order valence-electron chi connectivity index (χ4n) is 7.58. The zero-order valence-electron chi connectivity index (χ0n) is 13.9. The van der Waals surface area contributed by atoms with Crippen LogP contribution in [-0.4, -0.2) is 28.3 Å². The fourth-order valence-corrected chi connectivity index (χ4v) is 9.63. The number of hydrogen-bond acceptors (Lipinski definition) is 2. The molecule has 3 saturated carbocycles. The maximum Gasteiger partial charge on any atom is 0.0617 e. The highest BCUT2D eigenvalue weighted by Gasteiger charge is 2.81. The lowest BCUT2D eigenvalue weighted by Gasteiger charge is -2.31. The lowest BCUT2D eigenvalue weighted by molar-refractivity contribution is 0.233. The first-order valence-corrected chi connectivity index (χ1v) is 10.7. The fraction of sp³-hybridized carbons (Fsp3) is 0.714. The Hall–Kier alpha value is -0.470. The first-order valence-electron chi connectivity index (χ1n) is 9.78. The van der Waals surface area contributed by atoms with Crippen molar-refractivity contribution in [3.05, 3.63) is 35.3 Å². The second kappa shape index (κ2) is 3.55. The number of hydrogen-bond donors (Lipinski definition) is 0. The predicted octanol–water partition coefficient (Wildman–Crippen LogP) is 4.38. The number of rotatable bonds is 4. The summed E-state index contributed by atoms with van der Waals surface area (Å²) in [6.45, 7) is 3.78. The molecule has 0 bridgehead atoms. The Labute approximate surface area is 143 Å². The van der Waals surface area contributed by atoms with E-state index in [0.717, 1.165) is 29.0 Å². The van der Waals surface area contributed by atoms with Crippen LogP contribution in [0.2, 0.25) is 0 Å². The van der Waals surface area contributed by atoms with Gasteiger partial charge in [0.05, 0.1) is 5.54 Å². The van der Waals surface area contributed by atoms with Crippen LogP contribution >= 0.6 is 11.8 Å². The highest BCUT2D eigenvalue weighted by molar-refractivity contribution is 8.04. The van der Waals surface area contributed by atoms with E-state index in [1.807, 2.05) is 0 Å². The van der Waals surface area contributed by atoms with Crippen LogP contribution in [0, 0.1) is 28.6 Å². The zero-order chi connectivity index (χ0) is 15.0. The summed E-state index contributed by atoms with van der Waals surface area (Å²) in [7, 11) is 0. The smallest absolute Gasteiger partial charge is 0.0617 e. The van der Waals surface area contributed by atoms with Crippen molar-refractivity contribution in [3.63, 3.8) is 0 Å². The standard InChI is InChI=1S/C21H25NS/c1-2-13-10-14-6-7-21(14)18(13)22(21)9-8-19-12-17(19)23-16-5-3-4-15-11-20(15,16)19/h3-7,13-15,17-18H,2,8-12H2,1H3. The molecule has 23 heavy (non-hydrogen) atoms. The van der Waals surface area contributed by atoms with Crippen LogP contribution in [-0.2, 0) is 0 Å². The van der Waals surface area contributed by atoms with Crippen molar-refractivity contribution in [2.75, 3.05) is 6.54 Å². The van der Waals surface area contributed by atoms with Crippen molar-refractivity contribution in [1.29, 1.82) is 0 Å². The molecule has 2 spiro atoms. The largest absolute Gasteiger partial charge is 0.287 e. The molecule has 2 aliphatic heterocycles. The van der Waals surface area contributed by atoms with Gasteiger partial charge in [0, 0.05) is 29.2 Å². The molecule has 5 aliphatic carbocycles. The molecule has 0 radical (unpaired) electrons. The summed E-state index contributed by atoms with van der Waals surface area (Å²) in [4.78, 5) is 4.68. The number of nitrogens with zero attached hydrogens (tertiary/aromatic N) is 1. The van der Waals surface area contributed by atoms with Gasteiger partial charge >= 0.3 is 0 Å². The van der Waals surface area contributed by atoms with E-state index in [2.05, 4.69) is 54.0 Å². The highest BCUT2D eigenvalue weighted by atomic mass is 32.2. The SMILES string of the molecule is CCC1CC2C=CC23C1N3CCC12CC1SC1=CC=CC3CC132. The summed E-state index contributed by atoms with van der Waals surface area (Å²) in [5, 5.41) is 0.964. The van der Waals surface area contributed by atoms with Crippen molar-refractivity contribution < 1.29 is 0 Å². The molecule has 0 aromatic heterocycles. The van der Waals surface area contributed by atoms with Crippen LogP contribution in [0.4, 0.5) is 0 Å². The number of allylic oxidation sites excluding steroid dienone is 4. The minimum Gasteiger partial charge on any atom is -0.287 e. The molecular weight excluding hydrogens is 298 g/mol. The second-order valence-corrected chi connectivity index (χ2v) is 10.6. The van der Waals surface area contributed by atoms with E-state index in [0.29, 0.717) is 16.4 Å². The molecule has 9 atom stereocenters.